The molecule has 1 aliphatic carbocycles. The van der Waals surface area contributed by atoms with Crippen molar-refractivity contribution >= 4 is 11.9 Å². The fourth-order valence-corrected chi connectivity index (χ4v) is 3.60. The number of carbonyl (C=O) groups is 1. The molecule has 0 bridgehead atoms. The van der Waals surface area contributed by atoms with Crippen LogP contribution in [0.5, 0.6) is 0 Å². The minimum atomic E-state index is 0.0913. The topological polar surface area (TPSA) is 49.3 Å². The van der Waals surface area contributed by atoms with Crippen LogP contribution in [0.2, 0.25) is 0 Å². The van der Waals surface area contributed by atoms with Crippen molar-refractivity contribution < 1.29 is 4.79 Å². The predicted octanol–water partition coefficient (Wildman–Crippen LogP) is 2.36. The van der Waals surface area contributed by atoms with Crippen molar-refractivity contribution in [3.63, 3.8) is 0 Å². The molecule has 0 spiro atoms. The molecule has 1 amide bonds. The zero-order valence-electron chi connectivity index (χ0n) is 14.5. The number of rotatable bonds is 3. The summed E-state index contributed by atoms with van der Waals surface area (Å²) >= 11 is 0. The summed E-state index contributed by atoms with van der Waals surface area (Å²) in [6.45, 7) is 11.7. The Hall–Kier alpha value is -1.91. The molecule has 1 saturated heterocycles. The third-order valence-corrected chi connectivity index (χ3v) is 5.12. The van der Waals surface area contributed by atoms with Gasteiger partial charge in [0.25, 0.3) is 0 Å². The van der Waals surface area contributed by atoms with Crippen LogP contribution in [0.4, 0.5) is 5.95 Å². The number of hydrogen-bond acceptors (Lipinski definition) is 4. The maximum absolute atomic E-state index is 12.9. The van der Waals surface area contributed by atoms with Crippen molar-refractivity contribution in [2.75, 3.05) is 31.1 Å². The number of allylic oxidation sites excluding steroid dienone is 2. The molecule has 0 radical (unpaired) electrons. The number of anilines is 1. The van der Waals surface area contributed by atoms with Crippen LogP contribution in [-0.4, -0.2) is 47.0 Å². The molecule has 1 saturated carbocycles. The van der Waals surface area contributed by atoms with Crippen LogP contribution in [0, 0.1) is 17.3 Å². The Labute approximate surface area is 138 Å². The van der Waals surface area contributed by atoms with Gasteiger partial charge in [-0.25, -0.2) is 9.97 Å². The SMILES string of the molecule is CC(C)=C[C@H]1[C@H](C(=O)N2CCN(c3ncccn3)CC2)C1(C)C. The van der Waals surface area contributed by atoms with Gasteiger partial charge in [-0.1, -0.05) is 25.5 Å². The second kappa shape index (κ2) is 5.95. The summed E-state index contributed by atoms with van der Waals surface area (Å²) in [5.41, 5.74) is 1.39. The largest absolute Gasteiger partial charge is 0.339 e. The minimum absolute atomic E-state index is 0.0913. The van der Waals surface area contributed by atoms with E-state index in [1.165, 1.54) is 5.57 Å². The molecule has 5 heteroatoms. The van der Waals surface area contributed by atoms with Gasteiger partial charge in [0.15, 0.2) is 0 Å². The minimum Gasteiger partial charge on any atom is -0.339 e. The van der Waals surface area contributed by atoms with Crippen molar-refractivity contribution in [1.82, 2.24) is 14.9 Å². The zero-order valence-corrected chi connectivity index (χ0v) is 14.5. The molecule has 1 aromatic rings. The van der Waals surface area contributed by atoms with Gasteiger partial charge in [-0.15, -0.1) is 0 Å². The third kappa shape index (κ3) is 3.09. The highest BCUT2D eigenvalue weighted by Gasteiger charge is 2.61. The van der Waals surface area contributed by atoms with Gasteiger partial charge in [0.05, 0.1) is 5.92 Å². The molecule has 124 valence electrons. The summed E-state index contributed by atoms with van der Waals surface area (Å²) < 4.78 is 0. The van der Waals surface area contributed by atoms with Crippen LogP contribution in [0.1, 0.15) is 27.7 Å². The fourth-order valence-electron chi connectivity index (χ4n) is 3.60. The molecular weight excluding hydrogens is 288 g/mol. The molecule has 2 atom stereocenters. The van der Waals surface area contributed by atoms with Crippen molar-refractivity contribution in [2.24, 2.45) is 17.3 Å². The highest BCUT2D eigenvalue weighted by atomic mass is 16.2. The average molecular weight is 314 g/mol. The molecule has 2 fully saturated rings. The lowest BCUT2D eigenvalue weighted by Crippen LogP contribution is -2.50. The number of carbonyl (C=O) groups excluding carboxylic acids is 1. The van der Waals surface area contributed by atoms with Gasteiger partial charge >= 0.3 is 0 Å². The van der Waals surface area contributed by atoms with Gasteiger partial charge in [0.2, 0.25) is 11.9 Å². The van der Waals surface area contributed by atoms with Crippen LogP contribution in [0.25, 0.3) is 0 Å². The highest BCUT2D eigenvalue weighted by molar-refractivity contribution is 5.84. The smallest absolute Gasteiger partial charge is 0.226 e. The van der Waals surface area contributed by atoms with E-state index in [2.05, 4.69) is 48.6 Å². The predicted molar refractivity (Wildman–Crippen MR) is 91.0 cm³/mol. The van der Waals surface area contributed by atoms with E-state index in [1.54, 1.807) is 12.4 Å². The molecule has 23 heavy (non-hydrogen) atoms. The van der Waals surface area contributed by atoms with Crippen LogP contribution < -0.4 is 4.90 Å². The Morgan fingerprint density at radius 2 is 1.78 bits per heavy atom. The first-order chi connectivity index (χ1) is 10.9. The van der Waals surface area contributed by atoms with E-state index in [0.29, 0.717) is 11.8 Å². The molecule has 1 aliphatic heterocycles. The molecule has 2 aliphatic rings. The Kier molecular flexibility index (Phi) is 4.13. The van der Waals surface area contributed by atoms with E-state index in [4.69, 9.17) is 0 Å². The Morgan fingerprint density at radius 3 is 2.35 bits per heavy atom. The summed E-state index contributed by atoms with van der Waals surface area (Å²) in [6.07, 6.45) is 5.78. The van der Waals surface area contributed by atoms with Gasteiger partial charge < -0.3 is 9.80 Å². The van der Waals surface area contributed by atoms with E-state index in [9.17, 15) is 4.79 Å². The van der Waals surface area contributed by atoms with E-state index < -0.39 is 0 Å². The van der Waals surface area contributed by atoms with Gasteiger partial charge in [-0.2, -0.15) is 0 Å². The van der Waals surface area contributed by atoms with E-state index >= 15 is 0 Å². The molecule has 3 rings (SSSR count). The normalized spacial score (nSPS) is 25.9. The van der Waals surface area contributed by atoms with Crippen LogP contribution >= 0.6 is 0 Å². The summed E-state index contributed by atoms with van der Waals surface area (Å²) in [7, 11) is 0. The molecular formula is C18H26N4O. The number of aromatic nitrogens is 2. The lowest BCUT2D eigenvalue weighted by Gasteiger charge is -2.35. The van der Waals surface area contributed by atoms with E-state index in [1.807, 2.05) is 11.0 Å². The van der Waals surface area contributed by atoms with Gasteiger partial charge in [0.1, 0.15) is 0 Å². The summed E-state index contributed by atoms with van der Waals surface area (Å²) in [6, 6.07) is 1.82. The summed E-state index contributed by atoms with van der Waals surface area (Å²) in [5.74, 6) is 1.59. The first-order valence-electron chi connectivity index (χ1n) is 8.37. The fraction of sp³-hybridized carbons (Fsp3) is 0.611. The standard InChI is InChI=1S/C18H26N4O/c1-13(2)12-14-15(18(14,3)4)16(23)21-8-10-22(11-9-21)17-19-6-5-7-20-17/h5-7,12,14-15H,8-11H2,1-4H3/t14-,15+/m0/s1. The van der Waals surface area contributed by atoms with Crippen LogP contribution in [0.15, 0.2) is 30.1 Å². The average Bonchev–Trinajstić information content (AvgIpc) is 3.07. The summed E-state index contributed by atoms with van der Waals surface area (Å²) in [4.78, 5) is 25.6. The first-order valence-corrected chi connectivity index (χ1v) is 8.37. The van der Waals surface area contributed by atoms with Gasteiger partial charge in [0, 0.05) is 38.6 Å². The number of piperazine rings is 1. The number of amides is 1. The Balaban J connectivity index is 1.60. The quantitative estimate of drug-likeness (QED) is 0.804. The molecule has 2 heterocycles. The molecule has 0 N–H and O–H groups in total. The molecule has 0 unspecified atom stereocenters. The second-order valence-electron chi connectivity index (χ2n) is 7.43. The lowest BCUT2D eigenvalue weighted by molar-refractivity contribution is -0.133. The molecule has 5 nitrogen and oxygen atoms in total. The lowest BCUT2D eigenvalue weighted by atomic mass is 10.1. The second-order valence-corrected chi connectivity index (χ2v) is 7.43. The monoisotopic (exact) mass is 314 g/mol. The van der Waals surface area contributed by atoms with E-state index in [-0.39, 0.29) is 11.3 Å². The van der Waals surface area contributed by atoms with Crippen molar-refractivity contribution in [2.45, 2.75) is 27.7 Å². The Morgan fingerprint density at radius 1 is 1.17 bits per heavy atom. The van der Waals surface area contributed by atoms with Gasteiger partial charge in [-0.05, 0) is 31.2 Å². The van der Waals surface area contributed by atoms with Crippen molar-refractivity contribution in [3.8, 4) is 0 Å². The number of hydrogen-bond donors (Lipinski definition) is 0. The zero-order chi connectivity index (χ0) is 16.6. The molecule has 0 aromatic carbocycles. The first kappa shape index (κ1) is 16.0. The maximum Gasteiger partial charge on any atom is 0.226 e. The summed E-state index contributed by atoms with van der Waals surface area (Å²) in [5, 5.41) is 0. The van der Waals surface area contributed by atoms with Gasteiger partial charge in [-0.3, -0.25) is 4.79 Å². The number of nitrogens with zero attached hydrogens (tertiary/aromatic N) is 4. The third-order valence-electron chi connectivity index (χ3n) is 5.12. The van der Waals surface area contributed by atoms with Crippen LogP contribution in [-0.2, 0) is 4.79 Å². The maximum atomic E-state index is 12.9. The van der Waals surface area contributed by atoms with Crippen molar-refractivity contribution in [1.29, 1.82) is 0 Å². The highest BCUT2D eigenvalue weighted by Crippen LogP contribution is 2.60. The Bertz CT molecular complexity index is 599. The van der Waals surface area contributed by atoms with E-state index in [0.717, 1.165) is 32.1 Å². The van der Waals surface area contributed by atoms with Crippen LogP contribution in [0.3, 0.4) is 0 Å². The molecule has 1 aromatic heterocycles. The van der Waals surface area contributed by atoms with Crippen molar-refractivity contribution in [3.05, 3.63) is 30.1 Å².